The van der Waals surface area contributed by atoms with Crippen molar-refractivity contribution in [1.29, 1.82) is 5.26 Å². The van der Waals surface area contributed by atoms with Crippen LogP contribution in [0.5, 0.6) is 5.75 Å². The molecule has 4 aromatic rings. The van der Waals surface area contributed by atoms with Gasteiger partial charge in [0.15, 0.2) is 0 Å². The van der Waals surface area contributed by atoms with Gasteiger partial charge >= 0.3 is 0 Å². The van der Waals surface area contributed by atoms with Gasteiger partial charge in [-0.25, -0.2) is 9.37 Å². The number of hydrogen-bond acceptors (Lipinski definition) is 3. The number of nitriles is 1. The van der Waals surface area contributed by atoms with Gasteiger partial charge in [-0.3, -0.25) is 0 Å². The van der Waals surface area contributed by atoms with Crippen LogP contribution in [0.2, 0.25) is 0 Å². The predicted molar refractivity (Wildman–Crippen MR) is 103 cm³/mol. The third kappa shape index (κ3) is 2.63. The summed E-state index contributed by atoms with van der Waals surface area (Å²) in [7, 11) is 3.44. The Morgan fingerprint density at radius 2 is 1.89 bits per heavy atom. The van der Waals surface area contributed by atoms with Crippen LogP contribution in [-0.2, 0) is 7.05 Å². The molecule has 0 aliphatic rings. The number of rotatable bonds is 3. The maximum absolute atomic E-state index is 14.1. The molecule has 0 fully saturated rings. The number of aromatic nitrogens is 2. The number of halogens is 1. The molecule has 0 spiro atoms. The van der Waals surface area contributed by atoms with Crippen LogP contribution in [0.1, 0.15) is 5.56 Å². The van der Waals surface area contributed by atoms with Crippen LogP contribution >= 0.6 is 0 Å². The van der Waals surface area contributed by atoms with Gasteiger partial charge in [-0.05, 0) is 36.4 Å². The first kappa shape index (κ1) is 16.8. The van der Waals surface area contributed by atoms with E-state index in [1.165, 1.54) is 12.1 Å². The van der Waals surface area contributed by atoms with Crippen molar-refractivity contribution in [2.75, 3.05) is 7.11 Å². The minimum Gasteiger partial charge on any atom is -0.496 e. The highest BCUT2D eigenvalue weighted by atomic mass is 19.1. The molecule has 0 amide bonds. The van der Waals surface area contributed by atoms with E-state index in [-0.39, 0.29) is 5.82 Å². The van der Waals surface area contributed by atoms with E-state index in [1.54, 1.807) is 25.4 Å². The molecule has 0 bridgehead atoms. The SMILES string of the molecule is COc1ccc(F)cc1-c1c(-c2ccccc2C#N)c2cccnc2n1C. The summed E-state index contributed by atoms with van der Waals surface area (Å²) >= 11 is 0. The Kier molecular flexibility index (Phi) is 4.09. The zero-order valence-electron chi connectivity index (χ0n) is 14.9. The molecule has 0 saturated heterocycles. The Bertz CT molecular complexity index is 1200. The standard InChI is InChI=1S/C22H16FN3O/c1-26-21(18-12-15(23)9-10-19(18)27-2)20(17-8-5-11-25-22(17)26)16-7-4-3-6-14(16)13-24/h3-12H,1-2H3. The monoisotopic (exact) mass is 357 g/mol. The lowest BCUT2D eigenvalue weighted by Crippen LogP contribution is -1.97. The number of benzene rings is 2. The van der Waals surface area contributed by atoms with E-state index in [0.717, 1.165) is 27.9 Å². The van der Waals surface area contributed by atoms with Crippen molar-refractivity contribution in [2.45, 2.75) is 0 Å². The highest BCUT2D eigenvalue weighted by molar-refractivity contribution is 6.04. The van der Waals surface area contributed by atoms with Gasteiger partial charge < -0.3 is 9.30 Å². The van der Waals surface area contributed by atoms with Crippen molar-refractivity contribution < 1.29 is 9.13 Å². The van der Waals surface area contributed by atoms with Gasteiger partial charge in [-0.2, -0.15) is 5.26 Å². The van der Waals surface area contributed by atoms with Crippen molar-refractivity contribution in [2.24, 2.45) is 7.05 Å². The van der Waals surface area contributed by atoms with Gasteiger partial charge in [-0.1, -0.05) is 18.2 Å². The molecule has 0 saturated carbocycles. The number of pyridine rings is 1. The summed E-state index contributed by atoms with van der Waals surface area (Å²) in [6, 6.07) is 17.9. The van der Waals surface area contributed by atoms with Gasteiger partial charge in [-0.15, -0.1) is 0 Å². The van der Waals surface area contributed by atoms with Gasteiger partial charge in [0.05, 0.1) is 24.4 Å². The molecular weight excluding hydrogens is 341 g/mol. The van der Waals surface area contributed by atoms with E-state index in [9.17, 15) is 9.65 Å². The molecule has 2 aromatic heterocycles. The highest BCUT2D eigenvalue weighted by Crippen LogP contribution is 2.43. The molecule has 0 unspecified atom stereocenters. The topological polar surface area (TPSA) is 50.8 Å². The zero-order chi connectivity index (χ0) is 19.0. The fourth-order valence-corrected chi connectivity index (χ4v) is 3.51. The molecule has 0 aliphatic carbocycles. The maximum Gasteiger partial charge on any atom is 0.140 e. The van der Waals surface area contributed by atoms with Crippen LogP contribution in [-0.4, -0.2) is 16.7 Å². The van der Waals surface area contributed by atoms with E-state index >= 15 is 0 Å². The van der Waals surface area contributed by atoms with Crippen molar-refractivity contribution >= 4 is 11.0 Å². The summed E-state index contributed by atoms with van der Waals surface area (Å²) in [5.74, 6) is 0.196. The van der Waals surface area contributed by atoms with E-state index in [2.05, 4.69) is 11.1 Å². The second kappa shape index (κ2) is 6.58. The van der Waals surface area contributed by atoms with Crippen LogP contribution in [0, 0.1) is 17.1 Å². The number of methoxy groups -OCH3 is 1. The van der Waals surface area contributed by atoms with Crippen molar-refractivity contribution in [3.63, 3.8) is 0 Å². The number of hydrogen-bond donors (Lipinski definition) is 0. The lowest BCUT2D eigenvalue weighted by Gasteiger charge is -2.13. The fraction of sp³-hybridized carbons (Fsp3) is 0.0909. The first-order valence-electron chi connectivity index (χ1n) is 8.42. The molecule has 5 heteroatoms. The molecule has 2 heterocycles. The number of aryl methyl sites for hydroxylation is 1. The smallest absolute Gasteiger partial charge is 0.140 e. The second-order valence-electron chi connectivity index (χ2n) is 6.16. The normalized spacial score (nSPS) is 10.7. The van der Waals surface area contributed by atoms with Crippen LogP contribution in [0.15, 0.2) is 60.8 Å². The molecule has 0 N–H and O–H groups in total. The molecule has 0 aliphatic heterocycles. The summed E-state index contributed by atoms with van der Waals surface area (Å²) in [6.45, 7) is 0. The molecule has 2 aromatic carbocycles. The van der Waals surface area contributed by atoms with Crippen LogP contribution < -0.4 is 4.74 Å². The quantitative estimate of drug-likeness (QED) is 0.522. The predicted octanol–water partition coefficient (Wildman–Crippen LogP) is 4.93. The van der Waals surface area contributed by atoms with Crippen molar-refractivity contribution in [3.05, 3.63) is 72.2 Å². The number of ether oxygens (including phenoxy) is 1. The zero-order valence-corrected chi connectivity index (χ0v) is 14.9. The summed E-state index contributed by atoms with van der Waals surface area (Å²) in [6.07, 6.45) is 1.72. The maximum atomic E-state index is 14.1. The molecule has 132 valence electrons. The average molecular weight is 357 g/mol. The third-order valence-corrected chi connectivity index (χ3v) is 4.68. The average Bonchev–Trinajstić information content (AvgIpc) is 3.00. The van der Waals surface area contributed by atoms with Gasteiger partial charge in [0.25, 0.3) is 0 Å². The minimum absolute atomic E-state index is 0.358. The summed E-state index contributed by atoms with van der Waals surface area (Å²) in [5, 5.41) is 10.5. The van der Waals surface area contributed by atoms with Crippen LogP contribution in [0.4, 0.5) is 4.39 Å². The minimum atomic E-state index is -0.358. The number of nitrogens with zero attached hydrogens (tertiary/aromatic N) is 3. The van der Waals surface area contributed by atoms with Gasteiger partial charge in [0.1, 0.15) is 17.2 Å². The lowest BCUT2D eigenvalue weighted by molar-refractivity contribution is 0.415. The highest BCUT2D eigenvalue weighted by Gasteiger charge is 2.23. The van der Waals surface area contributed by atoms with E-state index in [1.807, 2.05) is 41.9 Å². The second-order valence-corrected chi connectivity index (χ2v) is 6.16. The molecule has 4 rings (SSSR count). The van der Waals surface area contributed by atoms with Gasteiger partial charge in [0, 0.05) is 35.3 Å². The summed E-state index contributed by atoms with van der Waals surface area (Å²) in [4.78, 5) is 4.49. The number of fused-ring (bicyclic) bond motifs is 1. The molecule has 0 radical (unpaired) electrons. The Morgan fingerprint density at radius 3 is 2.67 bits per heavy atom. The van der Waals surface area contributed by atoms with Crippen LogP contribution in [0.25, 0.3) is 33.4 Å². The molecule has 4 nitrogen and oxygen atoms in total. The van der Waals surface area contributed by atoms with Crippen LogP contribution in [0.3, 0.4) is 0 Å². The van der Waals surface area contributed by atoms with Gasteiger partial charge in [0.2, 0.25) is 0 Å². The van der Waals surface area contributed by atoms with E-state index < -0.39 is 0 Å². The van der Waals surface area contributed by atoms with Crippen molar-refractivity contribution in [3.8, 4) is 34.2 Å². The molecular formula is C22H16FN3O. The van der Waals surface area contributed by atoms with E-state index in [0.29, 0.717) is 16.9 Å². The summed E-state index contributed by atoms with van der Waals surface area (Å²) in [5.41, 5.74) is 4.28. The first-order chi connectivity index (χ1) is 13.2. The Morgan fingerprint density at radius 1 is 1.07 bits per heavy atom. The lowest BCUT2D eigenvalue weighted by atomic mass is 9.95. The first-order valence-corrected chi connectivity index (χ1v) is 8.42. The molecule has 0 atom stereocenters. The Balaban J connectivity index is 2.19. The fourth-order valence-electron chi connectivity index (χ4n) is 3.51. The van der Waals surface area contributed by atoms with E-state index in [4.69, 9.17) is 4.74 Å². The Hall–Kier alpha value is -3.65. The largest absolute Gasteiger partial charge is 0.496 e. The molecule has 27 heavy (non-hydrogen) atoms. The summed E-state index contributed by atoms with van der Waals surface area (Å²) < 4.78 is 21.5. The Labute approximate surface area is 156 Å². The third-order valence-electron chi connectivity index (χ3n) is 4.68. The van der Waals surface area contributed by atoms with Crippen molar-refractivity contribution in [1.82, 2.24) is 9.55 Å².